The first-order valence-electron chi connectivity index (χ1n) is 29.7. The van der Waals surface area contributed by atoms with Crippen molar-refractivity contribution < 1.29 is 134 Å². The van der Waals surface area contributed by atoms with E-state index < -0.39 is 225 Å². The summed E-state index contributed by atoms with van der Waals surface area (Å²) in [5.41, 5.74) is -3.89. The van der Waals surface area contributed by atoms with Crippen molar-refractivity contribution in [2.75, 3.05) is 33.0 Å². The van der Waals surface area contributed by atoms with Crippen LogP contribution in [-0.4, -0.2) is 268 Å². The lowest BCUT2D eigenvalue weighted by Crippen LogP contribution is -2.72. The highest BCUT2D eigenvalue weighted by Gasteiger charge is 2.73. The minimum absolute atomic E-state index is 0.104. The van der Waals surface area contributed by atoms with Gasteiger partial charge in [-0.15, -0.1) is 0 Å². The number of rotatable bonds is 15. The number of aliphatic carboxylic acids is 1. The lowest BCUT2D eigenvalue weighted by molar-refractivity contribution is -0.401. The molecule has 0 radical (unpaired) electrons. The first-order valence-corrected chi connectivity index (χ1v) is 29.7. The van der Waals surface area contributed by atoms with Crippen molar-refractivity contribution in [3.05, 3.63) is 23.3 Å². The van der Waals surface area contributed by atoms with Crippen molar-refractivity contribution in [2.45, 2.75) is 241 Å². The summed E-state index contributed by atoms with van der Waals surface area (Å²) in [7, 11) is 0. The fourth-order valence-electron chi connectivity index (χ4n) is 17.1. The molecule has 0 aromatic rings. The molecule has 8 fully saturated rings. The Labute approximate surface area is 492 Å². The van der Waals surface area contributed by atoms with Crippen molar-refractivity contribution in [1.82, 2.24) is 0 Å². The Morgan fingerprint density at radius 3 is 1.79 bits per heavy atom. The molecule has 9 rings (SSSR count). The molecule has 4 heterocycles. The molecule has 9 aliphatic rings. The quantitative estimate of drug-likeness (QED) is 0.0328. The van der Waals surface area contributed by atoms with Crippen molar-refractivity contribution in [2.24, 2.45) is 50.2 Å². The van der Waals surface area contributed by atoms with Gasteiger partial charge in [-0.2, -0.15) is 0 Å². The zero-order chi connectivity index (χ0) is 62.6. The smallest absolute Gasteiger partial charge is 0.335 e. The van der Waals surface area contributed by atoms with Crippen LogP contribution in [0.4, 0.5) is 0 Å². The number of fused-ring (bicyclic) bond motifs is 7. The van der Waals surface area contributed by atoms with Crippen LogP contribution < -0.4 is 0 Å². The summed E-state index contributed by atoms with van der Waals surface area (Å²) >= 11 is 0. The molecule has 0 spiro atoms. The fraction of sp³-hybridized carbons (Fsp3) is 0.897. The van der Waals surface area contributed by atoms with Crippen LogP contribution in [0.5, 0.6) is 0 Å². The summed E-state index contributed by atoms with van der Waals surface area (Å²) in [5, 5.41) is 178. The van der Waals surface area contributed by atoms with Gasteiger partial charge < -0.3 is 124 Å². The van der Waals surface area contributed by atoms with Crippen molar-refractivity contribution in [3.8, 4) is 0 Å². The number of carbonyl (C=O) groups is 2. The predicted molar refractivity (Wildman–Crippen MR) is 286 cm³/mol. The van der Waals surface area contributed by atoms with Gasteiger partial charge >= 0.3 is 11.9 Å². The normalized spacial score (nSPS) is 52.6. The first-order chi connectivity index (χ1) is 39.8. The summed E-state index contributed by atoms with van der Waals surface area (Å²) in [4.78, 5) is 26.4. The number of hydrogen-bond donors (Lipinski definition) is 16. The molecule has 85 heavy (non-hydrogen) atoms. The Morgan fingerprint density at radius 2 is 1.24 bits per heavy atom. The molecule has 16 N–H and O–H groups in total. The predicted octanol–water partition coefficient (Wildman–Crippen LogP) is -3.43. The zero-order valence-corrected chi connectivity index (χ0v) is 49.3. The number of aliphatic hydroxyl groups is 15. The molecule has 31 unspecified atom stereocenters. The monoisotopic (exact) mass is 1220 g/mol. The molecule has 31 atom stereocenters. The Hall–Kier alpha value is -2.50. The van der Waals surface area contributed by atoms with Gasteiger partial charge in [-0.3, -0.25) is 0 Å². The molecule has 0 bridgehead atoms. The van der Waals surface area contributed by atoms with E-state index in [1.54, 1.807) is 19.9 Å². The van der Waals surface area contributed by atoms with Crippen LogP contribution in [-0.2, 0) is 52.2 Å². The van der Waals surface area contributed by atoms with Crippen LogP contribution in [0.1, 0.15) is 100 Å². The van der Waals surface area contributed by atoms with Crippen molar-refractivity contribution in [1.29, 1.82) is 0 Å². The molecule has 4 saturated carbocycles. The van der Waals surface area contributed by atoms with E-state index in [-0.39, 0.29) is 24.7 Å². The van der Waals surface area contributed by atoms with Gasteiger partial charge in [-0.25, -0.2) is 9.59 Å². The standard InChI is InChI=1S/C58H92O27/c1-9-23(2)48(76)85-46-45(73)58(22-62)25(16-53(46,3)4)24-10-11-30-54(5)14-13-32(55(6,21-61)29(54)12-15-56(30,7)57(24,8)17-31(58)64)80-52-44(84-50-39(71)37(69)35(67)28(19-60)79-50)41(40(72)42(82-52)47(74)75)81-51-43(33(65)26(63)20-77-51)83-49-38(70)36(68)34(66)27(18-59)78-49/h9-10,25-46,49-52,59-73H,11-22H2,1-8H3,(H,74,75). The average molecular weight is 1220 g/mol. The lowest BCUT2D eigenvalue weighted by atomic mass is 9.33. The third-order valence-electron chi connectivity index (χ3n) is 22.5. The second-order valence-electron chi connectivity index (χ2n) is 27.3. The third-order valence-corrected chi connectivity index (χ3v) is 22.5. The van der Waals surface area contributed by atoms with Gasteiger partial charge in [0.25, 0.3) is 0 Å². The van der Waals surface area contributed by atoms with E-state index in [2.05, 4.69) is 26.8 Å². The molecule has 486 valence electrons. The zero-order valence-electron chi connectivity index (χ0n) is 49.3. The van der Waals surface area contributed by atoms with Gasteiger partial charge in [-0.05, 0) is 92.8 Å². The minimum atomic E-state index is -2.29. The third kappa shape index (κ3) is 10.8. The van der Waals surface area contributed by atoms with Gasteiger partial charge in [0.05, 0.1) is 50.7 Å². The molecule has 0 aromatic carbocycles. The number of aliphatic hydroxyl groups excluding tert-OH is 15. The van der Waals surface area contributed by atoms with Crippen molar-refractivity contribution in [3.63, 3.8) is 0 Å². The van der Waals surface area contributed by atoms with Gasteiger partial charge in [0.2, 0.25) is 0 Å². The number of carboxylic acid groups (broad SMARTS) is 1. The number of carbonyl (C=O) groups excluding carboxylic acids is 1. The van der Waals surface area contributed by atoms with Crippen LogP contribution >= 0.6 is 0 Å². The Morgan fingerprint density at radius 1 is 0.647 bits per heavy atom. The van der Waals surface area contributed by atoms with Gasteiger partial charge in [0.1, 0.15) is 97.7 Å². The van der Waals surface area contributed by atoms with Crippen LogP contribution in [0, 0.1) is 50.2 Å². The number of esters is 1. The molecule has 0 aromatic heterocycles. The highest BCUT2D eigenvalue weighted by molar-refractivity contribution is 5.87. The van der Waals surface area contributed by atoms with E-state index in [1.165, 1.54) is 0 Å². The first kappa shape index (κ1) is 66.9. The number of ether oxygens (including phenoxy) is 9. The van der Waals surface area contributed by atoms with Gasteiger partial charge in [0.15, 0.2) is 31.3 Å². The second kappa shape index (κ2) is 24.6. The Kier molecular flexibility index (Phi) is 19.4. The molecule has 4 saturated heterocycles. The van der Waals surface area contributed by atoms with Crippen molar-refractivity contribution >= 4 is 11.9 Å². The van der Waals surface area contributed by atoms with E-state index in [0.717, 1.165) is 5.57 Å². The van der Waals surface area contributed by atoms with Crippen LogP contribution in [0.2, 0.25) is 0 Å². The maximum Gasteiger partial charge on any atom is 0.335 e. The fourth-order valence-corrected chi connectivity index (χ4v) is 17.1. The summed E-state index contributed by atoms with van der Waals surface area (Å²) in [6.45, 7) is 12.0. The maximum absolute atomic E-state index is 13.2. The van der Waals surface area contributed by atoms with Crippen LogP contribution in [0.15, 0.2) is 23.3 Å². The van der Waals surface area contributed by atoms with Crippen LogP contribution in [0.3, 0.4) is 0 Å². The number of allylic oxidation sites excluding steroid dienone is 3. The van der Waals surface area contributed by atoms with Crippen LogP contribution in [0.25, 0.3) is 0 Å². The molecule has 0 amide bonds. The largest absolute Gasteiger partial charge is 0.479 e. The van der Waals surface area contributed by atoms with E-state index in [4.69, 9.17) is 42.6 Å². The lowest BCUT2D eigenvalue weighted by Gasteiger charge is -2.72. The van der Waals surface area contributed by atoms with Gasteiger partial charge in [-0.1, -0.05) is 59.3 Å². The molecule has 5 aliphatic carbocycles. The van der Waals surface area contributed by atoms with Gasteiger partial charge in [0, 0.05) is 16.4 Å². The Bertz CT molecular complexity index is 2440. The van der Waals surface area contributed by atoms with E-state index in [1.807, 2.05) is 20.8 Å². The van der Waals surface area contributed by atoms with E-state index in [9.17, 15) is 91.3 Å². The maximum atomic E-state index is 13.2. The topological polar surface area (TPSA) is 441 Å². The summed E-state index contributed by atoms with van der Waals surface area (Å²) < 4.78 is 54.5. The summed E-state index contributed by atoms with van der Waals surface area (Å²) in [6.07, 6.45) is -35.2. The highest BCUT2D eigenvalue weighted by atomic mass is 16.8. The summed E-state index contributed by atoms with van der Waals surface area (Å²) in [6, 6.07) is 0. The molecule has 27 nitrogen and oxygen atoms in total. The van der Waals surface area contributed by atoms with E-state index >= 15 is 0 Å². The molecule has 4 aliphatic heterocycles. The second-order valence-corrected chi connectivity index (χ2v) is 27.3. The molecular formula is C58H92O27. The average Bonchev–Trinajstić information content (AvgIpc) is 0.778. The van der Waals surface area contributed by atoms with E-state index in [0.29, 0.717) is 37.7 Å². The molecular weight excluding hydrogens is 1130 g/mol. The number of carboxylic acids is 1. The molecule has 27 heteroatoms. The Balaban J connectivity index is 1.04. The summed E-state index contributed by atoms with van der Waals surface area (Å²) in [5.74, 6) is -3.32. The SMILES string of the molecule is CC=C(C)C(=O)OC1C(O)C2(CO)C(O)CC3(C)C(=CCC4C5(C)CCC(OC6OC(C(=O)O)C(O)C(OC7OCC(O)C(O)C7OC7OC(CO)C(O)C(O)C7O)C6OC6OC(CO)C(O)C(O)C6O)C(C)(CO)C5CCC43C)C2CC1(C)C. The highest BCUT2D eigenvalue weighted by Crippen LogP contribution is 2.76. The number of hydrogen-bond acceptors (Lipinski definition) is 26. The minimum Gasteiger partial charge on any atom is -0.479 e.